The summed E-state index contributed by atoms with van der Waals surface area (Å²) in [4.78, 5) is 43.6. The van der Waals surface area contributed by atoms with Gasteiger partial charge in [0.15, 0.2) is 6.29 Å². The molecule has 1 aromatic carbocycles. The second kappa shape index (κ2) is 30.6. The quantitative estimate of drug-likeness (QED) is 0.0147. The Morgan fingerprint density at radius 1 is 0.891 bits per heavy atom. The van der Waals surface area contributed by atoms with Gasteiger partial charge in [0.1, 0.15) is 18.8 Å². The van der Waals surface area contributed by atoms with Crippen molar-refractivity contribution >= 4 is 46.0 Å². The number of carbonyl (C=O) groups is 3. The van der Waals surface area contributed by atoms with Gasteiger partial charge in [-0.15, -0.1) is 0 Å². The maximum Gasteiger partial charge on any atom is 0.305 e. The van der Waals surface area contributed by atoms with Gasteiger partial charge in [-0.05, 0) is 44.2 Å². The number of hydrogen-bond acceptors (Lipinski definition) is 18. The summed E-state index contributed by atoms with van der Waals surface area (Å²) in [5.41, 5.74) is 6.31. The lowest BCUT2D eigenvalue weighted by Gasteiger charge is -2.40. The Balaban J connectivity index is 2.05. The maximum atomic E-state index is 14.2. The number of thioether (sulfide) groups is 1. The van der Waals surface area contributed by atoms with Gasteiger partial charge in [0.25, 0.3) is 0 Å². The molecule has 3 unspecified atom stereocenters. The zero-order valence-corrected chi connectivity index (χ0v) is 38.8. The second-order valence-electron chi connectivity index (χ2n) is 15.9. The summed E-state index contributed by atoms with van der Waals surface area (Å²) < 4.78 is 37.4. The van der Waals surface area contributed by atoms with Crippen molar-refractivity contribution in [1.29, 1.82) is 5.26 Å². The van der Waals surface area contributed by atoms with Gasteiger partial charge in [-0.2, -0.15) is 5.26 Å². The number of nitriles is 1. The lowest BCUT2D eigenvalue weighted by Crippen LogP contribution is -2.55. The number of amides is 2. The van der Waals surface area contributed by atoms with Crippen LogP contribution in [-0.4, -0.2) is 171 Å². The molecule has 0 saturated carbocycles. The third-order valence-electron chi connectivity index (χ3n) is 10.3. The van der Waals surface area contributed by atoms with Crippen molar-refractivity contribution in [1.82, 2.24) is 10.6 Å². The fourth-order valence-corrected chi connectivity index (χ4v) is 8.82. The zero-order chi connectivity index (χ0) is 47.4. The van der Waals surface area contributed by atoms with E-state index in [4.69, 9.17) is 50.9 Å². The Bertz CT molecular complexity index is 1660. The molecule has 20 nitrogen and oxygen atoms in total. The lowest BCUT2D eigenvalue weighted by atomic mass is 9.67. The molecule has 1 aliphatic heterocycles. The molecule has 2 rings (SSSR count). The van der Waals surface area contributed by atoms with Gasteiger partial charge in [-0.1, -0.05) is 73.3 Å². The summed E-state index contributed by atoms with van der Waals surface area (Å²) in [6.45, 7) is 7.91. The number of carbonyl (C=O) groups excluding carboxylic acids is 3. The largest absolute Gasteiger partial charge is 0.463 e. The van der Waals surface area contributed by atoms with Crippen LogP contribution in [0.2, 0.25) is 0 Å². The number of azide groups is 1. The van der Waals surface area contributed by atoms with Crippen molar-refractivity contribution in [2.24, 2.45) is 21.9 Å². The van der Waals surface area contributed by atoms with Crippen LogP contribution in [-0.2, 0) is 47.5 Å². The van der Waals surface area contributed by atoms with E-state index in [0.29, 0.717) is 36.2 Å². The van der Waals surface area contributed by atoms with Gasteiger partial charge in [0.2, 0.25) is 11.8 Å². The minimum Gasteiger partial charge on any atom is -0.463 e. The SMILES string of the molecule is C[C@@H]1[C@@H](OCCOCCNC(=O)C(C)(CC(C)(CC(C)(C#N)CCC(=O)OCCOCCOCCOCCN=[N+]=[N-])C(=O)NCCO)SC(=S)c2ccccc2)O[C@@H](CO)[C@@H](O)[C@H]1O. The van der Waals surface area contributed by atoms with Crippen LogP contribution in [0.25, 0.3) is 10.4 Å². The molecule has 360 valence electrons. The third-order valence-corrected chi connectivity index (χ3v) is 12.0. The first kappa shape index (κ1) is 56.6. The van der Waals surface area contributed by atoms with E-state index in [1.54, 1.807) is 27.7 Å². The summed E-state index contributed by atoms with van der Waals surface area (Å²) in [6, 6.07) is 11.4. The number of aliphatic hydroxyl groups is 4. The first-order chi connectivity index (χ1) is 30.6. The van der Waals surface area contributed by atoms with Crippen LogP contribution >= 0.6 is 24.0 Å². The van der Waals surface area contributed by atoms with Crippen LogP contribution in [0.4, 0.5) is 0 Å². The van der Waals surface area contributed by atoms with Gasteiger partial charge in [-0.25, -0.2) is 0 Å². The fourth-order valence-electron chi connectivity index (χ4n) is 6.91. The van der Waals surface area contributed by atoms with Crippen LogP contribution in [0.3, 0.4) is 0 Å². The molecule has 0 spiro atoms. The summed E-state index contributed by atoms with van der Waals surface area (Å²) >= 11 is 6.91. The topological polar surface area (TPSA) is 293 Å². The van der Waals surface area contributed by atoms with Crippen molar-refractivity contribution in [3.63, 3.8) is 0 Å². The number of benzene rings is 1. The van der Waals surface area contributed by atoms with E-state index in [1.165, 1.54) is 0 Å². The van der Waals surface area contributed by atoms with Crippen LogP contribution in [0.5, 0.6) is 0 Å². The highest BCUT2D eigenvalue weighted by atomic mass is 32.2. The monoisotopic (exact) mass is 942 g/mol. The predicted octanol–water partition coefficient (Wildman–Crippen LogP) is 2.19. The third kappa shape index (κ3) is 20.3. The highest BCUT2D eigenvalue weighted by molar-refractivity contribution is 8.25. The first-order valence-electron chi connectivity index (χ1n) is 21.2. The van der Waals surface area contributed by atoms with Gasteiger partial charge < -0.3 is 64.2 Å². The summed E-state index contributed by atoms with van der Waals surface area (Å²) in [6.07, 6.45) is -4.52. The molecule has 1 aromatic rings. The number of nitrogens with zero attached hydrogens (tertiary/aromatic N) is 4. The van der Waals surface area contributed by atoms with Crippen LogP contribution < -0.4 is 10.6 Å². The number of hydrogen-bond donors (Lipinski definition) is 6. The molecule has 8 atom stereocenters. The Hall–Kier alpha value is -3.53. The summed E-state index contributed by atoms with van der Waals surface area (Å²) in [7, 11) is 0. The number of thiocarbonyl (C=S) groups is 1. The van der Waals surface area contributed by atoms with E-state index in [1.807, 2.05) is 30.3 Å². The Morgan fingerprint density at radius 3 is 2.12 bits per heavy atom. The summed E-state index contributed by atoms with van der Waals surface area (Å²) in [5, 5.41) is 58.8. The Kier molecular flexibility index (Phi) is 27.1. The van der Waals surface area contributed by atoms with Crippen molar-refractivity contribution in [2.45, 2.75) is 82.7 Å². The van der Waals surface area contributed by atoms with E-state index in [0.717, 1.165) is 11.8 Å². The number of esters is 1. The van der Waals surface area contributed by atoms with Crippen molar-refractivity contribution < 1.29 is 68.0 Å². The molecule has 22 heteroatoms. The number of ether oxygens (including phenoxy) is 7. The maximum absolute atomic E-state index is 14.2. The molecule has 2 amide bonds. The summed E-state index contributed by atoms with van der Waals surface area (Å²) in [5.74, 6) is -2.07. The number of nitrogens with one attached hydrogen (secondary N) is 2. The Morgan fingerprint density at radius 2 is 1.50 bits per heavy atom. The molecule has 1 aliphatic rings. The molecule has 64 heavy (non-hydrogen) atoms. The number of aliphatic hydroxyl groups excluding tert-OH is 4. The molecular weight excluding hydrogens is 877 g/mol. The number of rotatable bonds is 33. The fraction of sp³-hybridized carbons (Fsp3) is 0.738. The van der Waals surface area contributed by atoms with Crippen LogP contribution in [0.15, 0.2) is 35.4 Å². The average Bonchev–Trinajstić information content (AvgIpc) is 3.28. The van der Waals surface area contributed by atoms with Crippen molar-refractivity contribution in [3.8, 4) is 6.07 Å². The van der Waals surface area contributed by atoms with Gasteiger partial charge >= 0.3 is 5.97 Å². The van der Waals surface area contributed by atoms with Crippen LogP contribution in [0.1, 0.15) is 58.9 Å². The molecule has 1 fully saturated rings. The minimum absolute atomic E-state index is 0.0198. The van der Waals surface area contributed by atoms with E-state index in [9.17, 15) is 40.1 Å². The standard InChI is InChI=1S/C42H66N6O14S2/c1-30-34(52)35(53)32(26-50)62-36(30)61-25-23-56-16-13-46-39(55)42(4,64-37(63)31-8-6-5-7-9-31)28-41(3,38(54)45-12-15-49)27-40(2,29-43)11-10-33(51)60-24-22-59-21-20-58-19-18-57-17-14-47-48-44/h5-9,30,32,34-36,49-50,52-53H,10-28H2,1-4H3,(H,45,54)(H,46,55)/t30-,32-,34-,35+,36-,40?,41?,42?/m0/s1. The van der Waals surface area contributed by atoms with E-state index in [-0.39, 0.29) is 91.6 Å². The smallest absolute Gasteiger partial charge is 0.305 e. The van der Waals surface area contributed by atoms with E-state index >= 15 is 0 Å². The second-order valence-corrected chi connectivity index (χ2v) is 18.0. The highest BCUT2D eigenvalue weighted by Gasteiger charge is 2.49. The van der Waals surface area contributed by atoms with Crippen molar-refractivity contribution in [3.05, 3.63) is 46.3 Å². The average molecular weight is 943 g/mol. The van der Waals surface area contributed by atoms with E-state index in [2.05, 4.69) is 26.7 Å². The first-order valence-corrected chi connectivity index (χ1v) is 22.4. The molecule has 0 radical (unpaired) electrons. The predicted molar refractivity (Wildman–Crippen MR) is 239 cm³/mol. The zero-order valence-electron chi connectivity index (χ0n) is 37.2. The molecule has 0 aromatic heterocycles. The molecule has 0 bridgehead atoms. The molecular formula is C42H66N6O14S2. The van der Waals surface area contributed by atoms with Crippen molar-refractivity contribution in [2.75, 3.05) is 98.9 Å². The molecule has 6 N–H and O–H groups in total. The normalized spacial score (nSPS) is 21.2. The van der Waals surface area contributed by atoms with Gasteiger partial charge in [0.05, 0.1) is 99.2 Å². The van der Waals surface area contributed by atoms with Crippen LogP contribution in [0, 0.1) is 28.1 Å². The van der Waals surface area contributed by atoms with E-state index < -0.39 is 70.5 Å². The Labute approximate surface area is 384 Å². The molecule has 1 saturated heterocycles. The van der Waals surface area contributed by atoms with Gasteiger partial charge in [-0.3, -0.25) is 14.4 Å². The highest BCUT2D eigenvalue weighted by Crippen LogP contribution is 2.47. The lowest BCUT2D eigenvalue weighted by molar-refractivity contribution is -0.284. The molecule has 1 heterocycles. The minimum atomic E-state index is -1.40. The molecule has 0 aliphatic carbocycles. The van der Waals surface area contributed by atoms with Gasteiger partial charge in [0, 0.05) is 42.3 Å².